The summed E-state index contributed by atoms with van der Waals surface area (Å²) < 4.78 is 10.0. The molecule has 0 unspecified atom stereocenters. The highest BCUT2D eigenvalue weighted by atomic mass is 16.5. The van der Waals surface area contributed by atoms with Gasteiger partial charge in [0.15, 0.2) is 5.78 Å². The van der Waals surface area contributed by atoms with Crippen molar-refractivity contribution in [2.45, 2.75) is 34.6 Å². The summed E-state index contributed by atoms with van der Waals surface area (Å²) in [5.74, 6) is -1.03. The Labute approximate surface area is 148 Å². The molecule has 1 aromatic rings. The smallest absolute Gasteiger partial charge is 0.355 e. The zero-order chi connectivity index (χ0) is 19.1. The molecule has 0 aromatic carbocycles. The van der Waals surface area contributed by atoms with E-state index < -0.39 is 5.97 Å². The first-order chi connectivity index (χ1) is 11.7. The molecule has 25 heavy (non-hydrogen) atoms. The Morgan fingerprint density at radius 1 is 1.20 bits per heavy atom. The van der Waals surface area contributed by atoms with E-state index >= 15 is 0 Å². The number of hydrogen-bond donors (Lipinski definition) is 1. The number of carbonyl (C=O) groups is 3. The number of ether oxygens (including phenoxy) is 2. The summed E-state index contributed by atoms with van der Waals surface area (Å²) in [7, 11) is 1.55. The third-order valence-electron chi connectivity index (χ3n) is 3.90. The fourth-order valence-electron chi connectivity index (χ4n) is 2.66. The Balaban J connectivity index is 3.05. The number of rotatable bonds is 9. The second-order valence-corrected chi connectivity index (χ2v) is 6.18. The number of methoxy groups -OCH3 is 1. The first-order valence-electron chi connectivity index (χ1n) is 8.41. The van der Waals surface area contributed by atoms with Crippen LogP contribution < -0.4 is 0 Å². The third kappa shape index (κ3) is 5.16. The van der Waals surface area contributed by atoms with E-state index in [1.807, 2.05) is 0 Å². The van der Waals surface area contributed by atoms with Crippen LogP contribution >= 0.6 is 0 Å². The molecule has 0 saturated carbocycles. The quantitative estimate of drug-likeness (QED) is 0.543. The molecule has 0 bridgehead atoms. The van der Waals surface area contributed by atoms with Gasteiger partial charge in [-0.25, -0.2) is 4.79 Å². The summed E-state index contributed by atoms with van der Waals surface area (Å²) >= 11 is 0. The summed E-state index contributed by atoms with van der Waals surface area (Å²) in [4.78, 5) is 41.5. The first kappa shape index (κ1) is 20.9. The van der Waals surface area contributed by atoms with Crippen LogP contribution in [0.4, 0.5) is 0 Å². The highest BCUT2D eigenvalue weighted by molar-refractivity contribution is 6.04. The average Bonchev–Trinajstić information content (AvgIpc) is 2.85. The number of nitrogens with zero attached hydrogens (tertiary/aromatic N) is 1. The highest BCUT2D eigenvalue weighted by Gasteiger charge is 2.26. The number of aryl methyl sites for hydroxylation is 1. The summed E-state index contributed by atoms with van der Waals surface area (Å²) in [6, 6.07) is 0. The molecule has 0 aliphatic rings. The van der Waals surface area contributed by atoms with Crippen molar-refractivity contribution in [2.75, 3.05) is 33.4 Å². The predicted octanol–water partition coefficient (Wildman–Crippen LogP) is 2.12. The minimum Gasteiger partial charge on any atom is -0.461 e. The van der Waals surface area contributed by atoms with Crippen molar-refractivity contribution < 1.29 is 23.9 Å². The van der Waals surface area contributed by atoms with Crippen LogP contribution in [0.5, 0.6) is 0 Å². The van der Waals surface area contributed by atoms with E-state index in [4.69, 9.17) is 9.47 Å². The van der Waals surface area contributed by atoms with Gasteiger partial charge in [0.2, 0.25) is 5.91 Å². The van der Waals surface area contributed by atoms with E-state index in [0.717, 1.165) is 0 Å². The Kier molecular flexibility index (Phi) is 7.83. The molecular weight excluding hydrogens is 324 g/mol. The van der Waals surface area contributed by atoms with Gasteiger partial charge in [-0.3, -0.25) is 9.59 Å². The van der Waals surface area contributed by atoms with Gasteiger partial charge in [0.05, 0.1) is 19.8 Å². The molecule has 0 aliphatic heterocycles. The van der Waals surface area contributed by atoms with Crippen LogP contribution in [0.2, 0.25) is 0 Å². The average molecular weight is 352 g/mol. The maximum atomic E-state index is 12.8. The van der Waals surface area contributed by atoms with Crippen LogP contribution in [0.1, 0.15) is 52.9 Å². The molecule has 7 heteroatoms. The number of aromatic nitrogens is 1. The van der Waals surface area contributed by atoms with E-state index in [1.165, 1.54) is 4.90 Å². The molecule has 1 amide bonds. The van der Waals surface area contributed by atoms with Gasteiger partial charge in [0.25, 0.3) is 0 Å². The molecule has 140 valence electrons. The fourth-order valence-corrected chi connectivity index (χ4v) is 2.66. The number of Topliss-reactive ketones (excluding diaryl/α,β-unsaturated/α-hetero) is 1. The Morgan fingerprint density at radius 3 is 2.36 bits per heavy atom. The lowest BCUT2D eigenvalue weighted by Crippen LogP contribution is -2.40. The maximum Gasteiger partial charge on any atom is 0.355 e. The van der Waals surface area contributed by atoms with Crippen molar-refractivity contribution in [3.8, 4) is 0 Å². The number of ketones is 1. The molecule has 1 aromatic heterocycles. The number of esters is 1. The third-order valence-corrected chi connectivity index (χ3v) is 3.90. The standard InChI is InChI=1S/C18H28N2O5/c1-7-25-18(23)16-12(4)15(13(5)19-16)14(21)10-20(8-9-24-6)17(22)11(2)3/h11,19H,7-10H2,1-6H3. The maximum absolute atomic E-state index is 12.8. The van der Waals surface area contributed by atoms with Gasteiger partial charge in [0.1, 0.15) is 5.69 Å². The molecule has 1 rings (SSSR count). The molecule has 7 nitrogen and oxygen atoms in total. The SMILES string of the molecule is CCOC(=O)c1[nH]c(C)c(C(=O)CN(CCOC)C(=O)C(C)C)c1C. The van der Waals surface area contributed by atoms with Crippen LogP contribution in [0.15, 0.2) is 0 Å². The summed E-state index contributed by atoms with van der Waals surface area (Å²) in [6.45, 7) is 9.63. The van der Waals surface area contributed by atoms with E-state index in [9.17, 15) is 14.4 Å². The van der Waals surface area contributed by atoms with Gasteiger partial charge in [-0.05, 0) is 26.3 Å². The molecular formula is C18H28N2O5. The topological polar surface area (TPSA) is 88.7 Å². The molecule has 0 aliphatic carbocycles. The van der Waals surface area contributed by atoms with Crippen molar-refractivity contribution in [1.29, 1.82) is 0 Å². The molecule has 0 spiro atoms. The number of H-pyrrole nitrogens is 1. The number of carbonyl (C=O) groups excluding carboxylic acids is 3. The number of hydrogen-bond acceptors (Lipinski definition) is 5. The van der Waals surface area contributed by atoms with Crippen LogP contribution in [-0.2, 0) is 14.3 Å². The Hall–Kier alpha value is -2.15. The lowest BCUT2D eigenvalue weighted by atomic mass is 10.0. The minimum atomic E-state index is -0.489. The first-order valence-corrected chi connectivity index (χ1v) is 8.41. The summed E-state index contributed by atoms with van der Waals surface area (Å²) in [5.41, 5.74) is 1.85. The van der Waals surface area contributed by atoms with E-state index in [0.29, 0.717) is 30.0 Å². The van der Waals surface area contributed by atoms with Gasteiger partial charge in [0, 0.05) is 30.8 Å². The van der Waals surface area contributed by atoms with Crippen LogP contribution in [-0.4, -0.2) is 61.0 Å². The fraction of sp³-hybridized carbons (Fsp3) is 0.611. The lowest BCUT2D eigenvalue weighted by molar-refractivity contribution is -0.134. The van der Waals surface area contributed by atoms with Crippen LogP contribution in [0.3, 0.4) is 0 Å². The molecule has 0 atom stereocenters. The lowest BCUT2D eigenvalue weighted by Gasteiger charge is -2.23. The van der Waals surface area contributed by atoms with E-state index in [-0.39, 0.29) is 36.5 Å². The number of amides is 1. The van der Waals surface area contributed by atoms with Crippen LogP contribution in [0, 0.1) is 19.8 Å². The minimum absolute atomic E-state index is 0.0534. The molecule has 0 saturated heterocycles. The second-order valence-electron chi connectivity index (χ2n) is 6.18. The zero-order valence-electron chi connectivity index (χ0n) is 15.9. The van der Waals surface area contributed by atoms with Crippen molar-refractivity contribution in [3.63, 3.8) is 0 Å². The molecule has 1 N–H and O–H groups in total. The Bertz CT molecular complexity index is 634. The van der Waals surface area contributed by atoms with Crippen molar-refractivity contribution in [1.82, 2.24) is 9.88 Å². The summed E-state index contributed by atoms with van der Waals surface area (Å²) in [6.07, 6.45) is 0. The van der Waals surface area contributed by atoms with Gasteiger partial charge in [-0.2, -0.15) is 0 Å². The molecule has 0 fully saturated rings. The molecule has 1 heterocycles. The summed E-state index contributed by atoms with van der Waals surface area (Å²) in [5, 5.41) is 0. The van der Waals surface area contributed by atoms with Gasteiger partial charge in [-0.1, -0.05) is 13.8 Å². The predicted molar refractivity (Wildman–Crippen MR) is 93.8 cm³/mol. The zero-order valence-corrected chi connectivity index (χ0v) is 15.9. The van der Waals surface area contributed by atoms with Crippen LogP contribution in [0.25, 0.3) is 0 Å². The van der Waals surface area contributed by atoms with Crippen molar-refractivity contribution in [2.24, 2.45) is 5.92 Å². The Morgan fingerprint density at radius 2 is 1.84 bits per heavy atom. The normalized spacial score (nSPS) is 10.8. The highest BCUT2D eigenvalue weighted by Crippen LogP contribution is 2.20. The van der Waals surface area contributed by atoms with Gasteiger partial charge in [-0.15, -0.1) is 0 Å². The monoisotopic (exact) mass is 352 g/mol. The van der Waals surface area contributed by atoms with E-state index in [2.05, 4.69) is 4.98 Å². The van der Waals surface area contributed by atoms with Crippen molar-refractivity contribution in [3.05, 3.63) is 22.5 Å². The molecule has 0 radical (unpaired) electrons. The van der Waals surface area contributed by atoms with Gasteiger partial charge >= 0.3 is 5.97 Å². The van der Waals surface area contributed by atoms with E-state index in [1.54, 1.807) is 41.7 Å². The van der Waals surface area contributed by atoms with Crippen molar-refractivity contribution >= 4 is 17.7 Å². The second kappa shape index (κ2) is 9.36. The number of aromatic amines is 1. The van der Waals surface area contributed by atoms with Gasteiger partial charge < -0.3 is 19.4 Å². The number of nitrogens with one attached hydrogen (secondary N) is 1. The largest absolute Gasteiger partial charge is 0.461 e.